The molecule has 0 saturated carbocycles. The topological polar surface area (TPSA) is 80.5 Å². The molecular formula is C20H19BrN2O3. The predicted molar refractivity (Wildman–Crippen MR) is 102 cm³/mol. The lowest BCUT2D eigenvalue weighted by atomic mass is 9.94. The molecule has 26 heavy (non-hydrogen) atoms. The van der Waals surface area contributed by atoms with Gasteiger partial charge in [0.05, 0.1) is 5.56 Å². The Bertz CT molecular complexity index is 840. The van der Waals surface area contributed by atoms with Gasteiger partial charge >= 0.3 is 0 Å². The lowest BCUT2D eigenvalue weighted by Crippen LogP contribution is -2.42. The van der Waals surface area contributed by atoms with Crippen molar-refractivity contribution in [2.24, 2.45) is 11.7 Å². The molecule has 134 valence electrons. The number of primary amides is 1. The van der Waals surface area contributed by atoms with E-state index in [-0.39, 0.29) is 23.5 Å². The minimum atomic E-state index is -0.317. The van der Waals surface area contributed by atoms with E-state index in [0.29, 0.717) is 42.6 Å². The van der Waals surface area contributed by atoms with Crippen LogP contribution in [0.4, 0.5) is 0 Å². The summed E-state index contributed by atoms with van der Waals surface area (Å²) in [5, 5.41) is 0. The van der Waals surface area contributed by atoms with Crippen molar-refractivity contribution >= 4 is 33.5 Å². The molecule has 5 nitrogen and oxygen atoms in total. The molecule has 0 bridgehead atoms. The van der Waals surface area contributed by atoms with Gasteiger partial charge in [-0.2, -0.15) is 0 Å². The average molecular weight is 415 g/mol. The zero-order chi connectivity index (χ0) is 18.7. The number of likely N-dealkylation sites (tertiary alicyclic amines) is 1. The monoisotopic (exact) mass is 414 g/mol. The minimum absolute atomic E-state index is 0.182. The van der Waals surface area contributed by atoms with Gasteiger partial charge in [0, 0.05) is 34.6 Å². The highest BCUT2D eigenvalue weighted by Gasteiger charge is 2.28. The third-order valence-electron chi connectivity index (χ3n) is 4.69. The van der Waals surface area contributed by atoms with E-state index < -0.39 is 0 Å². The molecule has 3 rings (SSSR count). The average Bonchev–Trinajstić information content (AvgIpc) is 2.67. The third kappa shape index (κ3) is 3.85. The van der Waals surface area contributed by atoms with Crippen molar-refractivity contribution in [2.75, 3.05) is 13.1 Å². The van der Waals surface area contributed by atoms with Crippen molar-refractivity contribution in [3.8, 4) is 0 Å². The summed E-state index contributed by atoms with van der Waals surface area (Å²) in [6.45, 7) is 0.931. The van der Waals surface area contributed by atoms with E-state index >= 15 is 0 Å². The van der Waals surface area contributed by atoms with Crippen LogP contribution in [-0.2, 0) is 4.79 Å². The van der Waals surface area contributed by atoms with E-state index in [2.05, 4.69) is 15.9 Å². The van der Waals surface area contributed by atoms with E-state index in [1.807, 2.05) is 0 Å². The molecule has 2 aromatic rings. The fourth-order valence-electron chi connectivity index (χ4n) is 3.16. The van der Waals surface area contributed by atoms with Crippen LogP contribution in [0.15, 0.2) is 53.0 Å². The molecule has 1 heterocycles. The summed E-state index contributed by atoms with van der Waals surface area (Å²) < 4.78 is 0.885. The summed E-state index contributed by atoms with van der Waals surface area (Å²) in [5.74, 6) is -0.871. The molecule has 1 aliphatic rings. The number of piperidine rings is 1. The van der Waals surface area contributed by atoms with Crippen LogP contribution in [0.25, 0.3) is 0 Å². The summed E-state index contributed by atoms with van der Waals surface area (Å²) >= 11 is 3.35. The molecule has 0 spiro atoms. The summed E-state index contributed by atoms with van der Waals surface area (Å²) in [7, 11) is 0. The largest absolute Gasteiger partial charge is 0.369 e. The van der Waals surface area contributed by atoms with Crippen molar-refractivity contribution in [1.29, 1.82) is 0 Å². The van der Waals surface area contributed by atoms with Crippen LogP contribution in [0.5, 0.6) is 0 Å². The van der Waals surface area contributed by atoms with Gasteiger partial charge in [0.1, 0.15) is 0 Å². The van der Waals surface area contributed by atoms with Crippen LogP contribution >= 0.6 is 15.9 Å². The lowest BCUT2D eigenvalue weighted by molar-refractivity contribution is -0.123. The summed E-state index contributed by atoms with van der Waals surface area (Å²) in [4.78, 5) is 38.8. The minimum Gasteiger partial charge on any atom is -0.369 e. The molecule has 0 aliphatic carbocycles. The van der Waals surface area contributed by atoms with Crippen LogP contribution < -0.4 is 5.73 Å². The van der Waals surface area contributed by atoms with Gasteiger partial charge in [-0.3, -0.25) is 14.4 Å². The maximum atomic E-state index is 12.9. The lowest BCUT2D eigenvalue weighted by Gasteiger charge is -2.31. The summed E-state index contributed by atoms with van der Waals surface area (Å²) in [6.07, 6.45) is 1.12. The molecule has 1 fully saturated rings. The first-order valence-electron chi connectivity index (χ1n) is 8.45. The number of hydrogen-bond acceptors (Lipinski definition) is 3. The highest BCUT2D eigenvalue weighted by atomic mass is 79.9. The van der Waals surface area contributed by atoms with Crippen LogP contribution in [0.3, 0.4) is 0 Å². The molecule has 0 atom stereocenters. The number of halogens is 1. The van der Waals surface area contributed by atoms with Crippen molar-refractivity contribution in [1.82, 2.24) is 4.90 Å². The maximum Gasteiger partial charge on any atom is 0.254 e. The normalized spacial score (nSPS) is 14.9. The molecule has 0 aromatic heterocycles. The van der Waals surface area contributed by atoms with E-state index in [4.69, 9.17) is 5.73 Å². The van der Waals surface area contributed by atoms with Crippen molar-refractivity contribution < 1.29 is 14.4 Å². The summed E-state index contributed by atoms with van der Waals surface area (Å²) in [5.41, 5.74) is 6.65. The molecule has 2 amide bonds. The molecule has 2 N–H and O–H groups in total. The maximum absolute atomic E-state index is 12.9. The molecule has 0 radical (unpaired) electrons. The zero-order valence-corrected chi connectivity index (χ0v) is 15.7. The van der Waals surface area contributed by atoms with Crippen LogP contribution in [-0.4, -0.2) is 35.6 Å². The first-order chi connectivity index (χ1) is 12.5. The number of amides is 2. The van der Waals surface area contributed by atoms with Gasteiger partial charge in [0.2, 0.25) is 5.91 Å². The fourth-order valence-corrected chi connectivity index (χ4v) is 3.43. The van der Waals surface area contributed by atoms with E-state index in [0.717, 1.165) is 4.47 Å². The number of rotatable bonds is 4. The zero-order valence-electron chi connectivity index (χ0n) is 14.2. The number of carbonyl (C=O) groups excluding carboxylic acids is 3. The van der Waals surface area contributed by atoms with E-state index in [9.17, 15) is 14.4 Å². The van der Waals surface area contributed by atoms with E-state index in [1.165, 1.54) is 0 Å². The van der Waals surface area contributed by atoms with Crippen LogP contribution in [0, 0.1) is 5.92 Å². The van der Waals surface area contributed by atoms with Crippen molar-refractivity contribution in [3.63, 3.8) is 0 Å². The number of nitrogens with two attached hydrogens (primary N) is 1. The first-order valence-corrected chi connectivity index (χ1v) is 9.24. The predicted octanol–water partition coefficient (Wildman–Crippen LogP) is 3.02. The van der Waals surface area contributed by atoms with E-state index in [1.54, 1.807) is 53.4 Å². The third-order valence-corrected chi connectivity index (χ3v) is 5.22. The first kappa shape index (κ1) is 18.3. The van der Waals surface area contributed by atoms with Gasteiger partial charge in [-0.1, -0.05) is 34.1 Å². The van der Waals surface area contributed by atoms with Crippen LogP contribution in [0.1, 0.15) is 39.1 Å². The van der Waals surface area contributed by atoms with Gasteiger partial charge < -0.3 is 10.6 Å². The number of nitrogens with zero attached hydrogens (tertiary/aromatic N) is 1. The number of hydrogen-bond donors (Lipinski definition) is 1. The number of carbonyl (C=O) groups is 3. The molecule has 6 heteroatoms. The second-order valence-electron chi connectivity index (χ2n) is 6.35. The van der Waals surface area contributed by atoms with Crippen molar-refractivity contribution in [2.45, 2.75) is 12.8 Å². The standard InChI is InChI=1S/C20H19BrN2O3/c21-15-7-5-13(6-8-15)18(24)16-3-1-2-4-17(16)20(26)23-11-9-14(10-12-23)19(22)25/h1-8,14H,9-12H2,(H2,22,25). The quantitative estimate of drug-likeness (QED) is 0.780. The highest BCUT2D eigenvalue weighted by molar-refractivity contribution is 9.10. The van der Waals surface area contributed by atoms with Gasteiger partial charge in [0.15, 0.2) is 5.78 Å². The Balaban J connectivity index is 1.83. The number of benzene rings is 2. The highest BCUT2D eigenvalue weighted by Crippen LogP contribution is 2.22. The molecule has 1 aliphatic heterocycles. The number of ketones is 1. The van der Waals surface area contributed by atoms with Gasteiger partial charge in [0.25, 0.3) is 5.91 Å². The SMILES string of the molecule is NC(=O)C1CCN(C(=O)c2ccccc2C(=O)c2ccc(Br)cc2)CC1. The molecule has 1 saturated heterocycles. The molecule has 0 unspecified atom stereocenters. The van der Waals surface area contributed by atoms with Gasteiger partial charge in [-0.05, 0) is 43.2 Å². The molecule has 2 aromatic carbocycles. The molecular weight excluding hydrogens is 396 g/mol. The smallest absolute Gasteiger partial charge is 0.254 e. The second-order valence-corrected chi connectivity index (χ2v) is 7.27. The Morgan fingerprint density at radius 3 is 2.08 bits per heavy atom. The fraction of sp³-hybridized carbons (Fsp3) is 0.250. The Labute approximate surface area is 160 Å². The van der Waals surface area contributed by atoms with Crippen molar-refractivity contribution in [3.05, 3.63) is 69.7 Å². The van der Waals surface area contributed by atoms with Crippen LogP contribution in [0.2, 0.25) is 0 Å². The summed E-state index contributed by atoms with van der Waals surface area (Å²) in [6, 6.07) is 13.9. The van der Waals surface area contributed by atoms with Gasteiger partial charge in [-0.25, -0.2) is 0 Å². The Morgan fingerprint density at radius 1 is 0.923 bits per heavy atom. The second kappa shape index (κ2) is 7.83. The Kier molecular flexibility index (Phi) is 5.52. The van der Waals surface area contributed by atoms with Gasteiger partial charge in [-0.15, -0.1) is 0 Å². The Hall–Kier alpha value is -2.47. The Morgan fingerprint density at radius 2 is 1.50 bits per heavy atom.